The average molecular weight is 287 g/mol. The summed E-state index contributed by atoms with van der Waals surface area (Å²) < 4.78 is 25.1. The minimum absolute atomic E-state index is 0.107. The number of hydrogen-bond acceptors (Lipinski definition) is 5. The highest BCUT2D eigenvalue weighted by atomic mass is 32.2. The molecule has 1 aromatic heterocycles. The molecule has 8 heteroatoms. The Morgan fingerprint density at radius 3 is 2.58 bits per heavy atom. The fourth-order valence-corrected chi connectivity index (χ4v) is 3.86. The first-order valence-electron chi connectivity index (χ1n) is 6.00. The van der Waals surface area contributed by atoms with Gasteiger partial charge < -0.3 is 5.32 Å². The maximum atomic E-state index is 11.7. The first-order valence-corrected chi connectivity index (χ1v) is 7.82. The van der Waals surface area contributed by atoms with Gasteiger partial charge >= 0.3 is 5.69 Å². The predicted octanol–water partition coefficient (Wildman–Crippen LogP) is -1.64. The third-order valence-electron chi connectivity index (χ3n) is 3.43. The quantitative estimate of drug-likeness (QED) is 0.720. The number of rotatable bonds is 3. The van der Waals surface area contributed by atoms with Gasteiger partial charge in [0.15, 0.2) is 9.84 Å². The summed E-state index contributed by atoms with van der Waals surface area (Å²) in [5.74, 6) is 0.311. The smallest absolute Gasteiger partial charge is 0.307 e. The lowest BCUT2D eigenvalue weighted by atomic mass is 10.2. The maximum absolute atomic E-state index is 11.7. The molecule has 2 rings (SSSR count). The van der Waals surface area contributed by atoms with Crippen LogP contribution in [0.3, 0.4) is 0 Å². The zero-order valence-corrected chi connectivity index (χ0v) is 11.7. The van der Waals surface area contributed by atoms with Crippen LogP contribution in [-0.2, 0) is 30.5 Å². The SMILES string of the molecule is Cn1c(CNC2CCS(=O)(=O)C2)cc(=O)n(C)c1=O. The minimum atomic E-state index is -2.93. The molecule has 0 amide bonds. The molecular weight excluding hydrogens is 270 g/mol. The van der Waals surface area contributed by atoms with Gasteiger partial charge in [0.25, 0.3) is 5.56 Å². The first kappa shape index (κ1) is 14.0. The van der Waals surface area contributed by atoms with E-state index in [0.717, 1.165) is 4.57 Å². The molecule has 1 aromatic rings. The van der Waals surface area contributed by atoms with Crippen molar-refractivity contribution < 1.29 is 8.42 Å². The second-order valence-electron chi connectivity index (χ2n) is 4.86. The van der Waals surface area contributed by atoms with Gasteiger partial charge in [-0.3, -0.25) is 13.9 Å². The molecule has 0 aliphatic carbocycles. The summed E-state index contributed by atoms with van der Waals surface area (Å²) >= 11 is 0. The minimum Gasteiger partial charge on any atom is -0.307 e. The van der Waals surface area contributed by atoms with Gasteiger partial charge in [-0.05, 0) is 6.42 Å². The van der Waals surface area contributed by atoms with Crippen molar-refractivity contribution in [1.29, 1.82) is 0 Å². The maximum Gasteiger partial charge on any atom is 0.330 e. The lowest BCUT2D eigenvalue weighted by Gasteiger charge is -2.13. The number of aromatic nitrogens is 2. The third kappa shape index (κ3) is 2.95. The summed E-state index contributed by atoms with van der Waals surface area (Å²) in [5.41, 5.74) is -0.195. The summed E-state index contributed by atoms with van der Waals surface area (Å²) in [4.78, 5) is 23.2. The monoisotopic (exact) mass is 287 g/mol. The second kappa shape index (κ2) is 4.93. The van der Waals surface area contributed by atoms with Gasteiger partial charge in [-0.25, -0.2) is 13.2 Å². The lowest BCUT2D eigenvalue weighted by Crippen LogP contribution is -2.40. The molecule has 0 saturated carbocycles. The van der Waals surface area contributed by atoms with Gasteiger partial charge in [0, 0.05) is 38.4 Å². The van der Waals surface area contributed by atoms with Crippen molar-refractivity contribution >= 4 is 9.84 Å². The zero-order valence-electron chi connectivity index (χ0n) is 10.9. The van der Waals surface area contributed by atoms with Crippen molar-refractivity contribution in [3.63, 3.8) is 0 Å². The molecule has 1 saturated heterocycles. The van der Waals surface area contributed by atoms with Crippen molar-refractivity contribution in [2.45, 2.75) is 19.0 Å². The fraction of sp³-hybridized carbons (Fsp3) is 0.636. The molecule has 1 aliphatic rings. The van der Waals surface area contributed by atoms with Gasteiger partial charge in [-0.1, -0.05) is 0 Å². The van der Waals surface area contributed by atoms with E-state index >= 15 is 0 Å². The van der Waals surface area contributed by atoms with Crippen LogP contribution >= 0.6 is 0 Å². The van der Waals surface area contributed by atoms with Crippen molar-refractivity contribution in [1.82, 2.24) is 14.5 Å². The Morgan fingerprint density at radius 2 is 2.00 bits per heavy atom. The van der Waals surface area contributed by atoms with E-state index in [9.17, 15) is 18.0 Å². The molecule has 1 aliphatic heterocycles. The molecule has 1 unspecified atom stereocenters. The summed E-state index contributed by atoms with van der Waals surface area (Å²) in [6, 6.07) is 1.28. The van der Waals surface area contributed by atoms with Gasteiger partial charge in [-0.2, -0.15) is 0 Å². The fourth-order valence-electron chi connectivity index (χ4n) is 2.15. The summed E-state index contributed by atoms with van der Waals surface area (Å²) in [5, 5.41) is 3.08. The molecule has 7 nitrogen and oxygen atoms in total. The largest absolute Gasteiger partial charge is 0.330 e. The van der Waals surface area contributed by atoms with Gasteiger partial charge in [0.1, 0.15) is 0 Å². The Balaban J connectivity index is 2.13. The lowest BCUT2D eigenvalue weighted by molar-refractivity contribution is 0.527. The van der Waals surface area contributed by atoms with Crippen LogP contribution in [0, 0.1) is 0 Å². The molecule has 0 bridgehead atoms. The Hall–Kier alpha value is -1.41. The average Bonchev–Trinajstić information content (AvgIpc) is 2.69. The van der Waals surface area contributed by atoms with E-state index in [4.69, 9.17) is 0 Å². The van der Waals surface area contributed by atoms with E-state index in [1.54, 1.807) is 7.05 Å². The molecule has 0 spiro atoms. The summed E-state index contributed by atoms with van der Waals surface area (Å²) in [6.45, 7) is 0.308. The van der Waals surface area contributed by atoms with Crippen LogP contribution in [0.25, 0.3) is 0 Å². The highest BCUT2D eigenvalue weighted by Gasteiger charge is 2.27. The molecule has 0 radical (unpaired) electrons. The van der Waals surface area contributed by atoms with E-state index < -0.39 is 9.84 Å². The Kier molecular flexibility index (Phi) is 3.64. The molecular formula is C11H17N3O4S. The Bertz CT molecular complexity index is 702. The number of nitrogens with zero attached hydrogens (tertiary/aromatic N) is 2. The van der Waals surface area contributed by atoms with Crippen LogP contribution < -0.4 is 16.6 Å². The zero-order chi connectivity index (χ0) is 14.2. The van der Waals surface area contributed by atoms with Crippen LogP contribution in [0.15, 0.2) is 15.7 Å². The van der Waals surface area contributed by atoms with Crippen LogP contribution in [0.1, 0.15) is 12.1 Å². The second-order valence-corrected chi connectivity index (χ2v) is 7.08. The summed E-state index contributed by atoms with van der Waals surface area (Å²) in [6.07, 6.45) is 0.571. The van der Waals surface area contributed by atoms with Crippen molar-refractivity contribution in [2.24, 2.45) is 14.1 Å². The van der Waals surface area contributed by atoms with E-state index in [1.807, 2.05) is 0 Å². The standard InChI is InChI=1S/C11H17N3O4S/c1-13-9(5-10(15)14(2)11(13)16)6-12-8-3-4-19(17,18)7-8/h5,8,12H,3-4,6-7H2,1-2H3. The molecule has 0 aromatic carbocycles. The van der Waals surface area contributed by atoms with Crippen LogP contribution in [0.4, 0.5) is 0 Å². The number of hydrogen-bond donors (Lipinski definition) is 1. The highest BCUT2D eigenvalue weighted by Crippen LogP contribution is 2.11. The molecule has 1 N–H and O–H groups in total. The summed E-state index contributed by atoms with van der Waals surface area (Å²) in [7, 11) is 0.0796. The Labute approximate surface area is 110 Å². The van der Waals surface area contributed by atoms with E-state index in [0.29, 0.717) is 18.7 Å². The van der Waals surface area contributed by atoms with Crippen LogP contribution in [-0.4, -0.2) is 35.1 Å². The van der Waals surface area contributed by atoms with E-state index in [1.165, 1.54) is 17.7 Å². The molecule has 106 valence electrons. The first-order chi connectivity index (χ1) is 8.80. The predicted molar refractivity (Wildman–Crippen MR) is 70.8 cm³/mol. The Morgan fingerprint density at radius 1 is 1.32 bits per heavy atom. The highest BCUT2D eigenvalue weighted by molar-refractivity contribution is 7.91. The molecule has 2 heterocycles. The van der Waals surface area contributed by atoms with E-state index in [2.05, 4.69) is 5.32 Å². The molecule has 1 atom stereocenters. The van der Waals surface area contributed by atoms with Crippen LogP contribution in [0.2, 0.25) is 0 Å². The van der Waals surface area contributed by atoms with Gasteiger partial charge in [0.2, 0.25) is 0 Å². The topological polar surface area (TPSA) is 90.2 Å². The van der Waals surface area contributed by atoms with Crippen molar-refractivity contribution in [2.75, 3.05) is 11.5 Å². The van der Waals surface area contributed by atoms with Gasteiger partial charge in [-0.15, -0.1) is 0 Å². The van der Waals surface area contributed by atoms with Crippen molar-refractivity contribution in [3.8, 4) is 0 Å². The normalized spacial score (nSPS) is 21.7. The van der Waals surface area contributed by atoms with Crippen molar-refractivity contribution in [3.05, 3.63) is 32.6 Å². The third-order valence-corrected chi connectivity index (χ3v) is 5.20. The van der Waals surface area contributed by atoms with Crippen LogP contribution in [0.5, 0.6) is 0 Å². The number of sulfone groups is 1. The number of nitrogens with one attached hydrogen (secondary N) is 1. The molecule has 19 heavy (non-hydrogen) atoms. The van der Waals surface area contributed by atoms with Gasteiger partial charge in [0.05, 0.1) is 11.5 Å². The van der Waals surface area contributed by atoms with E-state index in [-0.39, 0.29) is 28.8 Å². The molecule has 1 fully saturated rings.